The van der Waals surface area contributed by atoms with E-state index in [0.29, 0.717) is 59.4 Å². The SMILES string of the molecule is CC(=O)c1cc(Oc2ccc3c(c2)CC(C(=O)Nc2cccc(C(C)(C)C)c2)CC3)ccn1.CC(C)(C)c1cccc(NC(=O)C2CCc3ccc(Oc4ccnc(-c5ccn[nH]5)c4)cc3C2)c1.CC(C)(C)c1cccc(NC(=O)C2CCc3ccc(Oc4ccnc(C#N)c4)cc3C2)c1.[Br-].[CH3-].[Mg+2]. The molecule has 3 aliphatic carbocycles. The number of anilines is 3. The first-order valence-electron chi connectivity index (χ1n) is 34.3. The van der Waals surface area contributed by atoms with Gasteiger partial charge in [0, 0.05) is 84.7 Å². The van der Waals surface area contributed by atoms with Gasteiger partial charge in [0.05, 0.1) is 11.4 Å². The first kappa shape index (κ1) is 78.9. The molecule has 3 aliphatic rings. The summed E-state index contributed by atoms with van der Waals surface area (Å²) in [7, 11) is 0. The predicted molar refractivity (Wildman–Crippen MR) is 405 cm³/mol. The van der Waals surface area contributed by atoms with Crippen LogP contribution in [0.4, 0.5) is 17.1 Å². The molecule has 4 N–H and O–H groups in total. The summed E-state index contributed by atoms with van der Waals surface area (Å²) in [6, 6.07) is 56.8. The Balaban J connectivity index is 0.000000193. The Bertz CT molecular complexity index is 4670. The number of hydrogen-bond donors (Lipinski definition) is 4. The van der Waals surface area contributed by atoms with Crippen molar-refractivity contribution < 1.29 is 50.4 Å². The molecule has 0 bridgehead atoms. The van der Waals surface area contributed by atoms with Crippen molar-refractivity contribution >= 4 is 63.6 Å². The van der Waals surface area contributed by atoms with E-state index in [9.17, 15) is 19.2 Å². The van der Waals surface area contributed by atoms with Crippen molar-refractivity contribution in [1.82, 2.24) is 25.1 Å². The third-order valence-corrected chi connectivity index (χ3v) is 18.5. The van der Waals surface area contributed by atoms with Crippen molar-refractivity contribution in [3.8, 4) is 52.0 Å². The number of aromatic amines is 1. The van der Waals surface area contributed by atoms with Crippen LogP contribution >= 0.6 is 0 Å². The first-order valence-corrected chi connectivity index (χ1v) is 34.3. The number of rotatable bonds is 14. The summed E-state index contributed by atoms with van der Waals surface area (Å²) in [6.07, 6.45) is 13.7. The number of benzene rings is 6. The molecule has 0 saturated carbocycles. The fourth-order valence-electron chi connectivity index (χ4n) is 12.6. The van der Waals surface area contributed by atoms with E-state index >= 15 is 0 Å². The Labute approximate surface area is 632 Å². The molecule has 3 atom stereocenters. The van der Waals surface area contributed by atoms with E-state index in [1.54, 1.807) is 49.1 Å². The molecule has 0 spiro atoms. The zero-order valence-electron chi connectivity index (χ0n) is 60.8. The van der Waals surface area contributed by atoms with Crippen LogP contribution < -0.4 is 47.1 Å². The second kappa shape index (κ2) is 34.9. The molecule has 0 radical (unpaired) electrons. The van der Waals surface area contributed by atoms with Gasteiger partial charge in [0.2, 0.25) is 17.7 Å². The molecule has 0 fully saturated rings. The number of pyridine rings is 3. The molecular formula is C85H90BrMgN9O7. The van der Waals surface area contributed by atoms with Crippen LogP contribution in [0.3, 0.4) is 0 Å². The van der Waals surface area contributed by atoms with E-state index in [1.807, 2.05) is 91.0 Å². The number of ether oxygens (including phenoxy) is 3. The number of aromatic nitrogens is 5. The first-order chi connectivity index (χ1) is 47.8. The van der Waals surface area contributed by atoms with E-state index in [4.69, 9.17) is 19.5 Å². The van der Waals surface area contributed by atoms with Gasteiger partial charge in [-0.25, -0.2) is 4.98 Å². The monoisotopic (exact) mass is 1450 g/mol. The Morgan fingerprint density at radius 1 is 0.447 bits per heavy atom. The fraction of sp³-hybridized carbons (Fsp3) is 0.294. The van der Waals surface area contributed by atoms with Gasteiger partial charge in [-0.3, -0.25) is 34.2 Å². The maximum Gasteiger partial charge on any atom is 2.00 e. The predicted octanol–water partition coefficient (Wildman–Crippen LogP) is 15.3. The van der Waals surface area contributed by atoms with Gasteiger partial charge in [0.15, 0.2) is 5.78 Å². The van der Waals surface area contributed by atoms with E-state index in [2.05, 4.69) is 164 Å². The van der Waals surface area contributed by atoms with Crippen LogP contribution in [-0.4, -0.2) is 71.7 Å². The molecule has 0 saturated heterocycles. The summed E-state index contributed by atoms with van der Waals surface area (Å²) in [4.78, 5) is 63.1. The van der Waals surface area contributed by atoms with Crippen LogP contribution in [-0.2, 0) is 69.2 Å². The van der Waals surface area contributed by atoms with E-state index in [1.165, 1.54) is 45.9 Å². The minimum Gasteiger partial charge on any atom is -1.00 e. The number of hydrogen-bond acceptors (Lipinski definition) is 12. The van der Waals surface area contributed by atoms with Crippen molar-refractivity contribution in [2.75, 3.05) is 16.0 Å². The molecule has 3 amide bonds. The Morgan fingerprint density at radius 2 is 0.816 bits per heavy atom. The molecular weight excluding hydrogens is 1360 g/mol. The van der Waals surface area contributed by atoms with Gasteiger partial charge in [-0.1, -0.05) is 117 Å². The van der Waals surface area contributed by atoms with Crippen LogP contribution in [0.5, 0.6) is 34.5 Å². The summed E-state index contributed by atoms with van der Waals surface area (Å²) >= 11 is 0. The number of aryl methyl sites for hydroxylation is 3. The molecule has 4 aromatic heterocycles. The van der Waals surface area contributed by atoms with Crippen molar-refractivity contribution in [3.63, 3.8) is 0 Å². The topological polar surface area (TPSA) is 223 Å². The number of nitrogens with zero attached hydrogens (tertiary/aromatic N) is 5. The van der Waals surface area contributed by atoms with Crippen LogP contribution in [0, 0.1) is 36.5 Å². The second-order valence-electron chi connectivity index (χ2n) is 29.1. The summed E-state index contributed by atoms with van der Waals surface area (Å²) in [6.45, 7) is 21.0. The molecule has 4 heterocycles. The Kier molecular flexibility index (Phi) is 26.7. The number of H-pyrrole nitrogens is 1. The van der Waals surface area contributed by atoms with E-state index in [-0.39, 0.29) is 105 Å². The number of amides is 3. The van der Waals surface area contributed by atoms with Gasteiger partial charge in [0.25, 0.3) is 0 Å². The maximum atomic E-state index is 13.1. The fourth-order valence-corrected chi connectivity index (χ4v) is 12.6. The molecule has 16 nitrogen and oxygen atoms in total. The van der Waals surface area contributed by atoms with Gasteiger partial charge in [-0.05, 0) is 221 Å². The molecule has 13 rings (SSSR count). The third kappa shape index (κ3) is 21.4. The molecule has 18 heteroatoms. The number of Topliss-reactive ketones (excluding diaryl/α,β-unsaturated/α-hetero) is 1. The number of halogens is 1. The number of carbonyl (C=O) groups excluding carboxylic acids is 4. The van der Waals surface area contributed by atoms with E-state index < -0.39 is 0 Å². The quantitative estimate of drug-likeness (QED) is 0.0453. The summed E-state index contributed by atoms with van der Waals surface area (Å²) < 4.78 is 18.1. The molecule has 10 aromatic rings. The van der Waals surface area contributed by atoms with Crippen molar-refractivity contribution in [2.24, 2.45) is 17.8 Å². The smallest absolute Gasteiger partial charge is 1.00 e. The van der Waals surface area contributed by atoms with Crippen LogP contribution in [0.1, 0.15) is 155 Å². The summed E-state index contributed by atoms with van der Waals surface area (Å²) in [5, 5.41) is 25.3. The maximum absolute atomic E-state index is 13.1. The molecule has 0 aliphatic heterocycles. The van der Waals surface area contributed by atoms with Gasteiger partial charge in [0.1, 0.15) is 52.0 Å². The largest absolute Gasteiger partial charge is 2.00 e. The second-order valence-corrected chi connectivity index (χ2v) is 29.1. The standard InChI is InChI=1S/C29H30N4O2.C28H30N2O3.C27H27N3O2.CH3.BrH.Mg/c1-29(2,3)22-5-4-6-23(17-22)32-28(34)20-8-7-19-9-10-24(16-21(19)15-20)35-25-11-13-30-27(18-25)26-12-14-31-33-26;1-18(31)26-17-25(12-13-29-26)33-24-11-10-19-8-9-20(14-21(19)15-24)27(32)30-23-7-5-6-22(16-23)28(2,3)4;1-27(2,3)21-5-4-6-22(15-21)30-26(31)19-8-7-18-9-10-24(14-20(18)13-19)32-25-11-12-29-23(16-25)17-28;;;/h4-6,9-14,16-18,20H,7-8,15H2,1-3H3,(H,31,33)(H,32,34);5-7,10-13,15-17,20H,8-9,14H2,1-4H3,(H,30,32);4-6,9-12,14-16,19H,7-8,13H2,1-3H3,(H,30,31);1H3;1H;/q;;;-1;;+2/p-1. The average Bonchev–Trinajstić information content (AvgIpc) is 1.09. The van der Waals surface area contributed by atoms with Crippen molar-refractivity contribution in [2.45, 2.75) is 143 Å². The van der Waals surface area contributed by atoms with Crippen LogP contribution in [0.2, 0.25) is 0 Å². The number of nitrogens with one attached hydrogen (secondary N) is 4. The van der Waals surface area contributed by atoms with Crippen LogP contribution in [0.15, 0.2) is 195 Å². The van der Waals surface area contributed by atoms with Crippen molar-refractivity contribution in [1.29, 1.82) is 5.26 Å². The Morgan fingerprint density at radius 3 is 1.18 bits per heavy atom. The van der Waals surface area contributed by atoms with Gasteiger partial charge in [-0.2, -0.15) is 10.4 Å². The molecule has 6 aromatic carbocycles. The van der Waals surface area contributed by atoms with Gasteiger partial charge >= 0.3 is 23.1 Å². The van der Waals surface area contributed by atoms with Crippen molar-refractivity contribution in [3.05, 3.63) is 264 Å². The number of fused-ring (bicyclic) bond motifs is 3. The zero-order valence-corrected chi connectivity index (χ0v) is 63.8. The minimum atomic E-state index is -0.104. The van der Waals surface area contributed by atoms with Gasteiger partial charge in [-0.15, -0.1) is 0 Å². The number of carbonyl (C=O) groups is 4. The minimum absolute atomic E-state index is 0. The molecule has 3 unspecified atom stereocenters. The average molecular weight is 1450 g/mol. The third-order valence-electron chi connectivity index (χ3n) is 18.5. The number of nitriles is 1. The van der Waals surface area contributed by atoms with Gasteiger partial charge < -0.3 is 54.6 Å². The molecule has 103 heavy (non-hydrogen) atoms. The normalized spacial score (nSPS) is 14.9. The summed E-state index contributed by atoms with van der Waals surface area (Å²) in [5.41, 5.74) is 15.7. The molecule has 526 valence electrons. The van der Waals surface area contributed by atoms with Crippen LogP contribution in [0.25, 0.3) is 11.4 Å². The summed E-state index contributed by atoms with van der Waals surface area (Å²) in [5.74, 6) is 3.82. The Hall–Kier alpha value is -9.80. The zero-order chi connectivity index (χ0) is 70.7. The van der Waals surface area contributed by atoms with E-state index in [0.717, 1.165) is 83.9 Å². The number of ketones is 1.